The highest BCUT2D eigenvalue weighted by Gasteiger charge is 2.51. The van der Waals surface area contributed by atoms with Gasteiger partial charge >= 0.3 is 0 Å². The zero-order valence-electron chi connectivity index (χ0n) is 19.0. The Kier molecular flexibility index (Phi) is 5.47. The number of aromatic nitrogens is 3. The van der Waals surface area contributed by atoms with Crippen LogP contribution in [0, 0.1) is 11.2 Å². The summed E-state index contributed by atoms with van der Waals surface area (Å²) < 4.78 is 43.6. The van der Waals surface area contributed by atoms with Crippen molar-refractivity contribution in [2.75, 3.05) is 13.1 Å². The van der Waals surface area contributed by atoms with Gasteiger partial charge in [-0.2, -0.15) is 9.40 Å². The Morgan fingerprint density at radius 3 is 2.58 bits per heavy atom. The Morgan fingerprint density at radius 1 is 1.08 bits per heavy atom. The quantitative estimate of drug-likeness (QED) is 0.365. The Hall–Kier alpha value is -3.47. The van der Waals surface area contributed by atoms with E-state index in [9.17, 15) is 17.6 Å². The molecule has 182 valence electrons. The highest BCUT2D eigenvalue weighted by Crippen LogP contribution is 2.47. The van der Waals surface area contributed by atoms with Crippen LogP contribution in [-0.2, 0) is 16.4 Å². The van der Waals surface area contributed by atoms with Gasteiger partial charge in [-0.3, -0.25) is 4.79 Å². The second kappa shape index (κ2) is 8.58. The second-order valence-corrected chi connectivity index (χ2v) is 11.8. The minimum atomic E-state index is -3.79. The molecule has 0 saturated carbocycles. The van der Waals surface area contributed by atoms with E-state index < -0.39 is 15.4 Å². The zero-order valence-corrected chi connectivity index (χ0v) is 20.7. The van der Waals surface area contributed by atoms with Gasteiger partial charge in [-0.1, -0.05) is 23.8 Å². The summed E-state index contributed by atoms with van der Waals surface area (Å²) in [6.45, 7) is 0.283. The standard InChI is InChI=1S/C26H21FN4O3S2/c27-20-6-8-21(9-7-20)31-23-14-19-10-12-30(36(33,34)22-4-2-1-3-5-22)17-26(19,15-18(23)16-29-31)24(32)25-28-11-13-35-25/h1-9,11,13-14,16H,10,12,15,17H2/t26-/m0/s1. The average molecular weight is 521 g/mol. The largest absolute Gasteiger partial charge is 0.290 e. The van der Waals surface area contributed by atoms with E-state index in [0.717, 1.165) is 16.8 Å². The van der Waals surface area contributed by atoms with E-state index in [1.165, 1.54) is 27.8 Å². The lowest BCUT2D eigenvalue weighted by atomic mass is 9.66. The maximum atomic E-state index is 14.0. The molecule has 0 bridgehead atoms. The SMILES string of the molecule is O=C(c1nccs1)[C@]12Cc3cnn(-c4ccc(F)cc4)c3C=C1CCN(S(=O)(=O)c1ccccc1)C2. The molecule has 0 N–H and O–H groups in total. The Bertz CT molecular complexity index is 1580. The number of carbonyl (C=O) groups excluding carboxylic acids is 1. The molecule has 6 rings (SSSR count). The molecule has 1 aliphatic carbocycles. The predicted octanol–water partition coefficient (Wildman–Crippen LogP) is 4.37. The van der Waals surface area contributed by atoms with E-state index in [2.05, 4.69) is 10.1 Å². The number of ketones is 1. The molecule has 1 atom stereocenters. The van der Waals surface area contributed by atoms with Gasteiger partial charge in [0.1, 0.15) is 5.82 Å². The van der Waals surface area contributed by atoms with Gasteiger partial charge < -0.3 is 0 Å². The monoisotopic (exact) mass is 520 g/mol. The lowest BCUT2D eigenvalue weighted by molar-refractivity contribution is 0.0775. The third kappa shape index (κ3) is 3.64. The average Bonchev–Trinajstić information content (AvgIpc) is 3.58. The number of Topliss-reactive ketones (excluding diaryl/α,β-unsaturated/α-hetero) is 1. The van der Waals surface area contributed by atoms with E-state index >= 15 is 0 Å². The first-order chi connectivity index (χ1) is 17.4. The minimum Gasteiger partial charge on any atom is -0.290 e. The number of piperidine rings is 1. The molecule has 3 heterocycles. The van der Waals surface area contributed by atoms with Crippen molar-refractivity contribution in [3.8, 4) is 5.69 Å². The van der Waals surface area contributed by atoms with Crippen LogP contribution in [0.1, 0.15) is 27.5 Å². The van der Waals surface area contributed by atoms with E-state index in [4.69, 9.17) is 0 Å². The first-order valence-electron chi connectivity index (χ1n) is 11.4. The fourth-order valence-electron chi connectivity index (χ4n) is 5.09. The molecule has 0 unspecified atom stereocenters. The molecule has 7 nitrogen and oxygen atoms in total. The molecule has 1 aliphatic heterocycles. The maximum Gasteiger partial charge on any atom is 0.243 e. The predicted molar refractivity (Wildman–Crippen MR) is 134 cm³/mol. The van der Waals surface area contributed by atoms with Crippen LogP contribution < -0.4 is 0 Å². The maximum absolute atomic E-state index is 14.0. The number of nitrogens with zero attached hydrogens (tertiary/aromatic N) is 4. The zero-order chi connectivity index (χ0) is 24.9. The van der Waals surface area contributed by atoms with Gasteiger partial charge in [0.2, 0.25) is 15.8 Å². The molecule has 2 aromatic heterocycles. The van der Waals surface area contributed by atoms with Crippen molar-refractivity contribution < 1.29 is 17.6 Å². The summed E-state index contributed by atoms with van der Waals surface area (Å²) in [7, 11) is -3.79. The number of sulfonamides is 1. The van der Waals surface area contributed by atoms with E-state index in [0.29, 0.717) is 23.5 Å². The first-order valence-corrected chi connectivity index (χ1v) is 13.7. The number of halogens is 1. The summed E-state index contributed by atoms with van der Waals surface area (Å²) in [5.74, 6) is -0.518. The molecule has 2 aliphatic rings. The highest BCUT2D eigenvalue weighted by atomic mass is 32.2. The molecule has 0 radical (unpaired) electrons. The molecule has 36 heavy (non-hydrogen) atoms. The third-order valence-electron chi connectivity index (χ3n) is 6.89. The van der Waals surface area contributed by atoms with Gasteiger partial charge in [-0.05, 0) is 60.9 Å². The Morgan fingerprint density at radius 2 is 1.86 bits per heavy atom. The number of carbonyl (C=O) groups is 1. The first kappa shape index (κ1) is 23.0. The fraction of sp³-hybridized carbons (Fsp3) is 0.192. The number of benzene rings is 2. The third-order valence-corrected chi connectivity index (χ3v) is 9.53. The van der Waals surface area contributed by atoms with Crippen molar-refractivity contribution in [3.63, 3.8) is 0 Å². The Labute approximate surface area is 211 Å². The topological polar surface area (TPSA) is 85.2 Å². The molecule has 4 aromatic rings. The minimum absolute atomic E-state index is 0.0235. The van der Waals surface area contributed by atoms with Crippen molar-refractivity contribution in [1.82, 2.24) is 19.1 Å². The molecule has 0 spiro atoms. The van der Waals surface area contributed by atoms with Crippen molar-refractivity contribution >= 4 is 33.2 Å². The van der Waals surface area contributed by atoms with Gasteiger partial charge in [0.15, 0.2) is 5.01 Å². The highest BCUT2D eigenvalue weighted by molar-refractivity contribution is 7.89. The van der Waals surface area contributed by atoms with Crippen LogP contribution >= 0.6 is 11.3 Å². The van der Waals surface area contributed by atoms with Crippen molar-refractivity contribution in [3.05, 3.63) is 100 Å². The molecule has 10 heteroatoms. The summed E-state index contributed by atoms with van der Waals surface area (Å²) in [4.78, 5) is 18.4. The lowest BCUT2D eigenvalue weighted by Crippen LogP contribution is -2.53. The normalized spacial score (nSPS) is 19.9. The molecular weight excluding hydrogens is 499 g/mol. The van der Waals surface area contributed by atoms with Crippen molar-refractivity contribution in [2.24, 2.45) is 5.41 Å². The van der Waals surface area contributed by atoms with Crippen LogP contribution in [0.25, 0.3) is 11.8 Å². The van der Waals surface area contributed by atoms with E-state index in [-0.39, 0.29) is 29.6 Å². The van der Waals surface area contributed by atoms with Crippen molar-refractivity contribution in [2.45, 2.75) is 17.7 Å². The number of fused-ring (bicyclic) bond motifs is 2. The summed E-state index contributed by atoms with van der Waals surface area (Å²) in [6, 6.07) is 14.3. The summed E-state index contributed by atoms with van der Waals surface area (Å²) in [5, 5.41) is 6.62. The number of hydrogen-bond acceptors (Lipinski definition) is 6. The van der Waals surface area contributed by atoms with Crippen LogP contribution in [-0.4, -0.2) is 46.4 Å². The molecule has 0 amide bonds. The van der Waals surface area contributed by atoms with Gasteiger partial charge in [0, 0.05) is 24.7 Å². The number of rotatable bonds is 5. The van der Waals surface area contributed by atoms with Crippen LogP contribution in [0.4, 0.5) is 4.39 Å². The van der Waals surface area contributed by atoms with Crippen LogP contribution in [0.3, 0.4) is 0 Å². The van der Waals surface area contributed by atoms with Gasteiger partial charge in [0.25, 0.3) is 0 Å². The smallest absolute Gasteiger partial charge is 0.243 e. The summed E-state index contributed by atoms with van der Waals surface area (Å²) in [6.07, 6.45) is 5.94. The molecule has 1 saturated heterocycles. The van der Waals surface area contributed by atoms with Crippen molar-refractivity contribution in [1.29, 1.82) is 0 Å². The number of thiazole rings is 1. The van der Waals surface area contributed by atoms with E-state index in [1.54, 1.807) is 64.9 Å². The fourth-order valence-corrected chi connectivity index (χ4v) is 7.29. The van der Waals surface area contributed by atoms with Crippen LogP contribution in [0.5, 0.6) is 0 Å². The van der Waals surface area contributed by atoms with Crippen LogP contribution in [0.2, 0.25) is 0 Å². The van der Waals surface area contributed by atoms with Gasteiger partial charge in [0.05, 0.1) is 27.9 Å². The Balaban J connectivity index is 1.45. The number of hydrogen-bond donors (Lipinski definition) is 0. The summed E-state index contributed by atoms with van der Waals surface area (Å²) >= 11 is 1.25. The summed E-state index contributed by atoms with van der Waals surface area (Å²) in [5.41, 5.74) is 2.13. The van der Waals surface area contributed by atoms with Gasteiger partial charge in [-0.15, -0.1) is 11.3 Å². The molecule has 1 fully saturated rings. The lowest BCUT2D eigenvalue weighted by Gasteiger charge is -2.44. The second-order valence-electron chi connectivity index (χ2n) is 8.94. The molecular formula is C26H21FN4O3S2. The van der Waals surface area contributed by atoms with Crippen LogP contribution in [0.15, 0.2) is 82.8 Å². The van der Waals surface area contributed by atoms with Gasteiger partial charge in [-0.25, -0.2) is 22.5 Å². The van der Waals surface area contributed by atoms with E-state index in [1.807, 2.05) is 6.08 Å². The molecule has 2 aromatic carbocycles.